The second kappa shape index (κ2) is 5.39. The fourth-order valence-corrected chi connectivity index (χ4v) is 2.93. The quantitative estimate of drug-likeness (QED) is 0.526. The van der Waals surface area contributed by atoms with Crippen LogP contribution in [0.2, 0.25) is 0 Å². The number of amides is 1. The summed E-state index contributed by atoms with van der Waals surface area (Å²) in [5.41, 5.74) is 4.23. The Balaban J connectivity index is 1.58. The first-order chi connectivity index (χ1) is 12.7. The molecule has 4 aromatic rings. The van der Waals surface area contributed by atoms with Crippen LogP contribution in [0.5, 0.6) is 0 Å². The van der Waals surface area contributed by atoms with Crippen molar-refractivity contribution in [2.45, 2.75) is 18.9 Å². The molecule has 8 nitrogen and oxygen atoms in total. The fraction of sp³-hybridized carbons (Fsp3) is 0.167. The molecule has 126 valence electrons. The zero-order valence-electron chi connectivity index (χ0n) is 13.6. The number of imidazole rings is 1. The monoisotopic (exact) mass is 343 g/mol. The van der Waals surface area contributed by atoms with E-state index in [0.29, 0.717) is 16.7 Å². The standard InChI is InChI=1S/C18H13N7O/c19-7-11-2-1-9(8-20-11)16-12-5-14-15(6-13(12)24-25-16)23-17(22-14)18(26)21-10-3-4-10/h1-2,5-6,8,10,24-25H,3-4H2,(H,21,26). The minimum atomic E-state index is -0.226. The molecule has 3 N–H and O–H groups in total. The van der Waals surface area contributed by atoms with Gasteiger partial charge in [0.25, 0.3) is 5.91 Å². The highest BCUT2D eigenvalue weighted by Gasteiger charge is 2.25. The molecule has 1 aromatic carbocycles. The van der Waals surface area contributed by atoms with Gasteiger partial charge in [0.2, 0.25) is 5.82 Å². The minimum Gasteiger partial charge on any atom is -0.347 e. The van der Waals surface area contributed by atoms with Crippen molar-refractivity contribution in [1.82, 2.24) is 30.5 Å². The molecule has 0 spiro atoms. The van der Waals surface area contributed by atoms with E-state index in [-0.39, 0.29) is 17.8 Å². The number of nitriles is 1. The lowest BCUT2D eigenvalue weighted by molar-refractivity contribution is 0.0942. The smallest absolute Gasteiger partial charge is 0.289 e. The Labute approximate surface area is 147 Å². The highest BCUT2D eigenvalue weighted by atomic mass is 16.2. The van der Waals surface area contributed by atoms with Gasteiger partial charge < -0.3 is 10.4 Å². The number of pyridine rings is 1. The molecule has 0 saturated heterocycles. The number of benzene rings is 1. The van der Waals surface area contributed by atoms with Crippen LogP contribution in [0.3, 0.4) is 0 Å². The Morgan fingerprint density at radius 1 is 1.19 bits per heavy atom. The van der Waals surface area contributed by atoms with Crippen LogP contribution in [0.4, 0.5) is 0 Å². The predicted molar refractivity (Wildman–Crippen MR) is 94.2 cm³/mol. The van der Waals surface area contributed by atoms with Crippen molar-refractivity contribution in [1.29, 1.82) is 5.26 Å². The molecule has 1 aliphatic carbocycles. The van der Waals surface area contributed by atoms with Gasteiger partial charge in [-0.05, 0) is 37.1 Å². The van der Waals surface area contributed by atoms with Crippen LogP contribution in [0, 0.1) is 11.3 Å². The summed E-state index contributed by atoms with van der Waals surface area (Å²) in [5, 5.41) is 18.9. The van der Waals surface area contributed by atoms with Gasteiger partial charge in [-0.1, -0.05) is 0 Å². The molecule has 0 aliphatic heterocycles. The average molecular weight is 343 g/mol. The summed E-state index contributed by atoms with van der Waals surface area (Å²) < 4.78 is 0. The van der Waals surface area contributed by atoms with Gasteiger partial charge in [0.15, 0.2) is 0 Å². The highest BCUT2D eigenvalue weighted by Crippen LogP contribution is 2.29. The Bertz CT molecular complexity index is 1190. The van der Waals surface area contributed by atoms with E-state index in [1.807, 2.05) is 24.3 Å². The van der Waals surface area contributed by atoms with Crippen molar-refractivity contribution in [2.24, 2.45) is 0 Å². The van der Waals surface area contributed by atoms with E-state index >= 15 is 0 Å². The molecule has 3 heterocycles. The summed E-state index contributed by atoms with van der Waals surface area (Å²) in [6.07, 6.45) is 3.69. The zero-order valence-corrected chi connectivity index (χ0v) is 13.6. The number of carbonyl (C=O) groups excluding carboxylic acids is 1. The maximum Gasteiger partial charge on any atom is 0.289 e. The van der Waals surface area contributed by atoms with Crippen LogP contribution in [-0.4, -0.2) is 37.1 Å². The predicted octanol–water partition coefficient (Wildman–Crippen LogP) is 2.27. The van der Waals surface area contributed by atoms with Gasteiger partial charge in [-0.25, -0.2) is 15.0 Å². The Morgan fingerprint density at radius 2 is 2.00 bits per heavy atom. The molecule has 1 aliphatic rings. The van der Waals surface area contributed by atoms with Gasteiger partial charge in [0.1, 0.15) is 11.8 Å². The number of aromatic nitrogens is 5. The molecule has 0 radical (unpaired) electrons. The van der Waals surface area contributed by atoms with Gasteiger partial charge in [-0.2, -0.15) is 5.26 Å². The number of fused-ring (bicyclic) bond motifs is 2. The van der Waals surface area contributed by atoms with Crippen LogP contribution >= 0.6 is 0 Å². The third-order valence-electron chi connectivity index (χ3n) is 4.44. The number of aromatic amines is 2. The number of nitrogens with one attached hydrogen (secondary N) is 3. The van der Waals surface area contributed by atoms with Gasteiger partial charge in [-0.3, -0.25) is 9.89 Å². The Morgan fingerprint density at radius 3 is 2.69 bits per heavy atom. The van der Waals surface area contributed by atoms with Gasteiger partial charge in [0.05, 0.1) is 22.2 Å². The lowest BCUT2D eigenvalue weighted by atomic mass is 10.1. The maximum atomic E-state index is 12.2. The van der Waals surface area contributed by atoms with Crippen molar-refractivity contribution in [3.05, 3.63) is 42.0 Å². The van der Waals surface area contributed by atoms with Crippen LogP contribution in [0.15, 0.2) is 30.5 Å². The van der Waals surface area contributed by atoms with E-state index in [1.165, 1.54) is 0 Å². The normalized spacial score (nSPS) is 13.8. The van der Waals surface area contributed by atoms with E-state index < -0.39 is 0 Å². The summed E-state index contributed by atoms with van der Waals surface area (Å²) >= 11 is 0. The molecule has 0 unspecified atom stereocenters. The first kappa shape index (κ1) is 14.6. The van der Waals surface area contributed by atoms with E-state index in [0.717, 1.165) is 35.0 Å². The second-order valence-electron chi connectivity index (χ2n) is 6.35. The summed E-state index contributed by atoms with van der Waals surface area (Å²) in [7, 11) is 0. The number of carbonyl (C=O) groups is 1. The highest BCUT2D eigenvalue weighted by molar-refractivity contribution is 6.02. The van der Waals surface area contributed by atoms with Crippen molar-refractivity contribution in [3.8, 4) is 17.3 Å². The average Bonchev–Trinajstić information content (AvgIpc) is 3.23. The molecule has 1 saturated carbocycles. The molecular formula is C18H13N7O. The summed E-state index contributed by atoms with van der Waals surface area (Å²) in [4.78, 5) is 25.0. The number of hydrogen-bond acceptors (Lipinski definition) is 5. The van der Waals surface area contributed by atoms with E-state index in [1.54, 1.807) is 12.3 Å². The van der Waals surface area contributed by atoms with Gasteiger partial charge in [0, 0.05) is 23.2 Å². The van der Waals surface area contributed by atoms with E-state index in [9.17, 15) is 4.79 Å². The third kappa shape index (κ3) is 2.38. The minimum absolute atomic E-state index is 0.199. The number of hydrogen-bond donors (Lipinski definition) is 3. The largest absolute Gasteiger partial charge is 0.347 e. The lowest BCUT2D eigenvalue weighted by Crippen LogP contribution is -2.26. The number of H-pyrrole nitrogens is 2. The Kier molecular flexibility index (Phi) is 3.03. The molecule has 1 fully saturated rings. The molecule has 1 amide bonds. The molecule has 26 heavy (non-hydrogen) atoms. The first-order valence-electron chi connectivity index (χ1n) is 8.26. The molecule has 3 aromatic heterocycles. The molecule has 5 rings (SSSR count). The summed E-state index contributed by atoms with van der Waals surface area (Å²) in [6, 6.07) is 9.54. The zero-order chi connectivity index (χ0) is 17.7. The van der Waals surface area contributed by atoms with Crippen LogP contribution < -0.4 is 5.32 Å². The van der Waals surface area contributed by atoms with Crippen LogP contribution in [0.25, 0.3) is 33.2 Å². The topological polar surface area (TPSA) is 123 Å². The summed E-state index contributed by atoms with van der Waals surface area (Å²) in [5.74, 6) is -0.0273. The van der Waals surface area contributed by atoms with Crippen molar-refractivity contribution in [3.63, 3.8) is 0 Å². The molecule has 0 atom stereocenters. The van der Waals surface area contributed by atoms with Crippen LogP contribution in [0.1, 0.15) is 29.2 Å². The van der Waals surface area contributed by atoms with Crippen molar-refractivity contribution in [2.75, 3.05) is 0 Å². The molecule has 8 heteroatoms. The Hall–Kier alpha value is -3.73. The fourth-order valence-electron chi connectivity index (χ4n) is 2.93. The second-order valence-corrected chi connectivity index (χ2v) is 6.35. The SMILES string of the molecule is N#Cc1ccc(-c2[nH][nH]c3cc4nc(C(=O)NC5CC5)nc4cc23)cn1. The van der Waals surface area contributed by atoms with Gasteiger partial charge in [-0.15, -0.1) is 0 Å². The van der Waals surface area contributed by atoms with E-state index in [4.69, 9.17) is 5.26 Å². The maximum absolute atomic E-state index is 12.2. The summed E-state index contributed by atoms with van der Waals surface area (Å²) in [6.45, 7) is 0. The van der Waals surface area contributed by atoms with Crippen molar-refractivity contribution < 1.29 is 4.79 Å². The van der Waals surface area contributed by atoms with Crippen LogP contribution in [-0.2, 0) is 0 Å². The van der Waals surface area contributed by atoms with E-state index in [2.05, 4.69) is 30.5 Å². The number of nitrogens with zero attached hydrogens (tertiary/aromatic N) is 4. The van der Waals surface area contributed by atoms with Crippen molar-refractivity contribution >= 4 is 27.8 Å². The third-order valence-corrected chi connectivity index (χ3v) is 4.44. The molecule has 0 bridgehead atoms. The first-order valence-corrected chi connectivity index (χ1v) is 8.26. The lowest BCUT2D eigenvalue weighted by Gasteiger charge is -1.98. The number of rotatable bonds is 3. The van der Waals surface area contributed by atoms with Gasteiger partial charge >= 0.3 is 0 Å². The molecular weight excluding hydrogens is 330 g/mol.